The molecule has 0 atom stereocenters. The molecular formula is C76H88Br4MgN4O4+2. The molecule has 0 N–H and O–H groups in total. The predicted octanol–water partition coefficient (Wildman–Crippen LogP) is 21.8. The van der Waals surface area contributed by atoms with Crippen LogP contribution < -0.4 is 18.9 Å². The molecular weight excluding hydrogens is 1380 g/mol. The van der Waals surface area contributed by atoms with E-state index in [4.69, 9.17) is 38.9 Å². The number of unbranched alkanes of at least 4 members (excludes halogenated alkanes) is 20. The number of alkyl halides is 4. The van der Waals surface area contributed by atoms with Crippen LogP contribution in [0.5, 0.6) is 23.0 Å². The van der Waals surface area contributed by atoms with Gasteiger partial charge in [0.25, 0.3) is 0 Å². The van der Waals surface area contributed by atoms with Gasteiger partial charge in [0.2, 0.25) is 0 Å². The molecule has 0 saturated heterocycles. The summed E-state index contributed by atoms with van der Waals surface area (Å²) < 4.78 is 26.1. The van der Waals surface area contributed by atoms with E-state index in [-0.39, 0.29) is 23.1 Å². The van der Waals surface area contributed by atoms with Crippen LogP contribution in [-0.2, 0) is 0 Å². The number of allylic oxidation sites excluding steroid dienone is 12. The molecule has 5 aliphatic heterocycles. The Kier molecular flexibility index (Phi) is 31.3. The van der Waals surface area contributed by atoms with Crippen LogP contribution in [0.1, 0.15) is 176 Å². The van der Waals surface area contributed by atoms with Crippen molar-refractivity contribution in [2.45, 2.75) is 154 Å². The maximum atomic E-state index is 6.52. The SMILES string of the molecule is BrCCCCCCCCOc1cccc(C2=C3C=CC(=N3)C(c3cccc(OCCCCCCCCBr)c3)=C3C=CC(=N3)C(c3cccc(OCCCCCCCCBr)c3)=C3C=CC(=N3)C(c3cccc(OCCCCCCCCBr)c3)=C3C=CC2=N3)c1.[Mg+2]. The number of hydrogen-bond donors (Lipinski definition) is 0. The Morgan fingerprint density at radius 3 is 0.663 bits per heavy atom. The molecule has 0 unspecified atom stereocenters. The largest absolute Gasteiger partial charge is 2.00 e. The van der Waals surface area contributed by atoms with Gasteiger partial charge in [0.05, 0.1) is 72.1 Å². The van der Waals surface area contributed by atoms with E-state index in [1.165, 1.54) is 103 Å². The van der Waals surface area contributed by atoms with Crippen molar-refractivity contribution >= 4 is 132 Å². The molecule has 0 amide bonds. The molecule has 0 spiro atoms. The molecule has 0 saturated carbocycles. The molecule has 464 valence electrons. The molecule has 0 aliphatic carbocycles. The van der Waals surface area contributed by atoms with Gasteiger partial charge in [-0.1, -0.05) is 215 Å². The van der Waals surface area contributed by atoms with Gasteiger partial charge < -0.3 is 18.9 Å². The van der Waals surface area contributed by atoms with Crippen LogP contribution in [0.2, 0.25) is 0 Å². The van der Waals surface area contributed by atoms with Crippen LogP contribution in [0.15, 0.2) is 188 Å². The molecule has 4 aromatic carbocycles. The Hall–Kier alpha value is -4.63. The van der Waals surface area contributed by atoms with E-state index in [0.29, 0.717) is 26.4 Å². The van der Waals surface area contributed by atoms with Crippen molar-refractivity contribution in [3.63, 3.8) is 0 Å². The van der Waals surface area contributed by atoms with Gasteiger partial charge >= 0.3 is 23.1 Å². The van der Waals surface area contributed by atoms with E-state index >= 15 is 0 Å². The van der Waals surface area contributed by atoms with Crippen molar-refractivity contribution in [2.24, 2.45) is 20.0 Å². The molecule has 4 aromatic rings. The first-order valence-corrected chi connectivity index (χ1v) is 37.2. The molecule has 8 nitrogen and oxygen atoms in total. The number of ether oxygens (including phenoxy) is 4. The van der Waals surface area contributed by atoms with Crippen LogP contribution in [0.3, 0.4) is 0 Å². The number of aliphatic imine (C=N–C) groups is 4. The first kappa shape index (κ1) is 70.2. The molecule has 89 heavy (non-hydrogen) atoms. The van der Waals surface area contributed by atoms with Crippen molar-refractivity contribution in [1.82, 2.24) is 0 Å². The summed E-state index contributed by atoms with van der Waals surface area (Å²) >= 11 is 14.3. The number of benzene rings is 4. The standard InChI is InChI=1S/C76H88Br4N4O4.Mg/c77-45-17-9-1-5-13-21-49-85-61-33-25-29-57(53-61)73-65-37-39-67(81-65)74(58-30-26-34-62(54-58)86-50-22-14-6-2-10-18-46-78)69-41-43-71(83-69)76(60-32-28-36-64(56-60)88-52-24-16-8-4-12-20-48-80)72-44-42-70(84-72)75(68-40-38-66(73)82-68)59-31-27-35-63(55-59)87-51-23-15-7-3-11-19-47-79;/h25-44,53-56H,1-24,45-52H2;/q;+2. The maximum absolute atomic E-state index is 6.52. The second-order valence-electron chi connectivity index (χ2n) is 23.1. The normalized spacial score (nSPS) is 14.9. The zero-order valence-corrected chi connectivity index (χ0v) is 59.9. The Balaban J connectivity index is 0.0000102. The van der Waals surface area contributed by atoms with Gasteiger partial charge in [-0.25, -0.2) is 20.0 Å². The first-order valence-electron chi connectivity index (χ1n) is 32.8. The van der Waals surface area contributed by atoms with Crippen molar-refractivity contribution in [3.8, 4) is 23.0 Å². The Bertz CT molecular complexity index is 2910. The first-order chi connectivity index (χ1) is 43.5. The number of hydrogen-bond acceptors (Lipinski definition) is 8. The summed E-state index contributed by atoms with van der Waals surface area (Å²) in [7, 11) is 0. The van der Waals surface area contributed by atoms with E-state index in [1.54, 1.807) is 0 Å². The topological polar surface area (TPSA) is 86.4 Å². The zero-order valence-electron chi connectivity index (χ0n) is 52.1. The van der Waals surface area contributed by atoms with Crippen LogP contribution in [0.4, 0.5) is 0 Å². The van der Waals surface area contributed by atoms with Gasteiger partial charge in [0.1, 0.15) is 23.0 Å². The van der Waals surface area contributed by atoms with Gasteiger partial charge in [-0.05, 0) is 171 Å². The molecule has 0 aromatic heterocycles. The minimum Gasteiger partial charge on any atom is -0.494 e. The molecule has 9 rings (SSSR count). The van der Waals surface area contributed by atoms with Crippen LogP contribution in [0.25, 0.3) is 22.3 Å². The fourth-order valence-corrected chi connectivity index (χ4v) is 13.2. The van der Waals surface area contributed by atoms with Crippen LogP contribution in [-0.4, -0.2) is 93.6 Å². The number of nitrogens with zero attached hydrogens (tertiary/aromatic N) is 4. The quantitative estimate of drug-likeness (QED) is 0.0252. The maximum Gasteiger partial charge on any atom is 2.00 e. The van der Waals surface area contributed by atoms with E-state index in [0.717, 1.165) is 186 Å². The van der Waals surface area contributed by atoms with Crippen molar-refractivity contribution < 1.29 is 18.9 Å². The van der Waals surface area contributed by atoms with E-state index in [1.807, 2.05) is 0 Å². The second-order valence-corrected chi connectivity index (χ2v) is 26.3. The molecule has 5 aliphatic rings. The molecule has 5 heterocycles. The minimum atomic E-state index is 0. The summed E-state index contributed by atoms with van der Waals surface area (Å²) in [4.78, 5) is 22.5. The predicted molar refractivity (Wildman–Crippen MR) is 393 cm³/mol. The van der Waals surface area contributed by atoms with Crippen LogP contribution in [0, 0.1) is 0 Å². The fourth-order valence-electron chi connectivity index (χ4n) is 11.6. The number of fused-ring (bicyclic) bond motifs is 4. The van der Waals surface area contributed by atoms with Gasteiger partial charge in [0.15, 0.2) is 0 Å². The van der Waals surface area contributed by atoms with Crippen LogP contribution >= 0.6 is 63.7 Å². The van der Waals surface area contributed by atoms with Gasteiger partial charge in [0, 0.05) is 43.6 Å². The molecule has 13 heteroatoms. The second kappa shape index (κ2) is 39.7. The van der Waals surface area contributed by atoms with E-state index < -0.39 is 0 Å². The summed E-state index contributed by atoms with van der Waals surface area (Å²) in [5.41, 5.74) is 13.9. The summed E-state index contributed by atoms with van der Waals surface area (Å²) in [5, 5.41) is 4.28. The average molecular weight is 1470 g/mol. The van der Waals surface area contributed by atoms with Gasteiger partial charge in [-0.15, -0.1) is 0 Å². The monoisotopic (exact) mass is 1460 g/mol. The van der Waals surface area contributed by atoms with E-state index in [2.05, 4.69) is 209 Å². The van der Waals surface area contributed by atoms with Crippen molar-refractivity contribution in [1.29, 1.82) is 0 Å². The third-order valence-electron chi connectivity index (χ3n) is 16.3. The summed E-state index contributed by atoms with van der Waals surface area (Å²) in [6.07, 6.45) is 45.6. The third kappa shape index (κ3) is 21.7. The zero-order chi connectivity index (χ0) is 60.8. The van der Waals surface area contributed by atoms with E-state index in [9.17, 15) is 0 Å². The summed E-state index contributed by atoms with van der Waals surface area (Å²) in [6, 6.07) is 33.8. The minimum absolute atomic E-state index is 0. The Labute approximate surface area is 581 Å². The van der Waals surface area contributed by atoms with Gasteiger partial charge in [-0.2, -0.15) is 0 Å². The Morgan fingerprint density at radius 2 is 0.449 bits per heavy atom. The Morgan fingerprint density at radius 1 is 0.247 bits per heavy atom. The molecule has 0 fully saturated rings. The van der Waals surface area contributed by atoms with Crippen molar-refractivity contribution in [3.05, 3.63) is 191 Å². The summed E-state index contributed by atoms with van der Waals surface area (Å²) in [5.74, 6) is 3.30. The smallest absolute Gasteiger partial charge is 0.494 e. The summed E-state index contributed by atoms with van der Waals surface area (Å²) in [6.45, 7) is 2.64. The number of rotatable bonds is 40. The third-order valence-corrected chi connectivity index (χ3v) is 18.5. The fraction of sp³-hybridized carbons (Fsp3) is 0.421. The molecule has 8 bridgehead atoms. The van der Waals surface area contributed by atoms with Crippen molar-refractivity contribution in [2.75, 3.05) is 47.7 Å². The average Bonchev–Trinajstić information content (AvgIpc) is 2.68. The molecule has 0 radical (unpaired) electrons. The van der Waals surface area contributed by atoms with Gasteiger partial charge in [-0.3, -0.25) is 0 Å². The number of halogens is 4.